The number of aromatic amines is 1. The lowest BCUT2D eigenvalue weighted by atomic mass is 10.1. The monoisotopic (exact) mass is 248 g/mol. The number of aryl methyl sites for hydroxylation is 1. The van der Waals surface area contributed by atoms with Crippen molar-refractivity contribution in [3.63, 3.8) is 0 Å². The molecule has 1 atom stereocenters. The Morgan fingerprint density at radius 1 is 1.69 bits per heavy atom. The maximum Gasteiger partial charge on any atom is 0.311 e. The number of aromatic nitrogens is 2. The molecule has 5 nitrogen and oxygen atoms in total. The first-order chi connectivity index (χ1) is 5.95. The van der Waals surface area contributed by atoms with Crippen LogP contribution in [0.2, 0.25) is 0 Å². The molecule has 0 radical (unpaired) electrons. The fraction of sp³-hybridized carbons (Fsp3) is 0.429. The van der Waals surface area contributed by atoms with Gasteiger partial charge in [-0.3, -0.25) is 19.4 Å². The first kappa shape index (κ1) is 10.0. The zero-order valence-electron chi connectivity index (χ0n) is 7.17. The normalized spacial score (nSPS) is 12.8. The number of H-pyrrole nitrogens is 1. The van der Waals surface area contributed by atoms with E-state index in [9.17, 15) is 9.59 Å². The van der Waals surface area contributed by atoms with Crippen LogP contribution in [0.1, 0.15) is 18.4 Å². The summed E-state index contributed by atoms with van der Waals surface area (Å²) in [6.07, 6.45) is 0. The minimum absolute atomic E-state index is 0.245. The van der Waals surface area contributed by atoms with Crippen LogP contribution >= 0.6 is 15.9 Å². The van der Waals surface area contributed by atoms with Gasteiger partial charge in [0.1, 0.15) is 4.60 Å². The number of hydrogen-bond acceptors (Lipinski definition) is 2. The quantitative estimate of drug-likeness (QED) is 0.808. The third kappa shape index (κ3) is 1.67. The largest absolute Gasteiger partial charge is 0.481 e. The molecule has 0 bridgehead atoms. The lowest BCUT2D eigenvalue weighted by Gasteiger charge is -2.02. The van der Waals surface area contributed by atoms with Gasteiger partial charge in [-0.25, -0.2) is 0 Å². The number of halogens is 1. The summed E-state index contributed by atoms with van der Waals surface area (Å²) in [6, 6.07) is 0. The maximum absolute atomic E-state index is 11.2. The van der Waals surface area contributed by atoms with Crippen LogP contribution in [0, 0.1) is 0 Å². The van der Waals surface area contributed by atoms with E-state index in [1.165, 1.54) is 11.6 Å². The van der Waals surface area contributed by atoms with Gasteiger partial charge >= 0.3 is 5.97 Å². The van der Waals surface area contributed by atoms with E-state index in [1.54, 1.807) is 7.05 Å². The van der Waals surface area contributed by atoms with Crippen molar-refractivity contribution in [2.24, 2.45) is 7.05 Å². The standard InChI is InChI=1S/C7H9BrN2O3/c1-3(7(12)13)4-5(8)10(2)9-6(4)11/h3H,1-2H3,(H,9,11)(H,12,13). The Bertz CT molecular complexity index is 393. The van der Waals surface area contributed by atoms with Crippen molar-refractivity contribution < 1.29 is 9.90 Å². The molecule has 1 rings (SSSR count). The Hall–Kier alpha value is -1.04. The van der Waals surface area contributed by atoms with Crippen LogP contribution in [0.4, 0.5) is 0 Å². The summed E-state index contributed by atoms with van der Waals surface area (Å²) in [6.45, 7) is 1.47. The SMILES string of the molecule is CC(C(=O)O)c1c(Br)n(C)[nH]c1=O. The number of nitrogens with one attached hydrogen (secondary N) is 1. The van der Waals surface area contributed by atoms with Gasteiger partial charge in [0, 0.05) is 7.05 Å². The number of rotatable bonds is 2. The van der Waals surface area contributed by atoms with Crippen molar-refractivity contribution in [3.05, 3.63) is 20.5 Å². The summed E-state index contributed by atoms with van der Waals surface area (Å²) in [5.41, 5.74) is -0.126. The second-order valence-corrected chi connectivity index (χ2v) is 3.52. The van der Waals surface area contributed by atoms with Crippen molar-refractivity contribution in [1.82, 2.24) is 9.78 Å². The molecule has 13 heavy (non-hydrogen) atoms. The van der Waals surface area contributed by atoms with Crippen LogP contribution in [0.3, 0.4) is 0 Å². The Morgan fingerprint density at radius 3 is 2.54 bits per heavy atom. The van der Waals surface area contributed by atoms with Gasteiger partial charge in [0.25, 0.3) is 5.56 Å². The summed E-state index contributed by atoms with van der Waals surface area (Å²) in [5.74, 6) is -1.82. The van der Waals surface area contributed by atoms with Crippen LogP contribution in [0.15, 0.2) is 9.40 Å². The third-order valence-electron chi connectivity index (χ3n) is 1.83. The molecule has 72 valence electrons. The number of nitrogens with zero attached hydrogens (tertiary/aromatic N) is 1. The molecule has 0 aliphatic rings. The summed E-state index contributed by atoms with van der Waals surface area (Å²) in [5, 5.41) is 11.2. The highest BCUT2D eigenvalue weighted by molar-refractivity contribution is 9.10. The minimum Gasteiger partial charge on any atom is -0.481 e. The van der Waals surface area contributed by atoms with Crippen molar-refractivity contribution in [2.45, 2.75) is 12.8 Å². The highest BCUT2D eigenvalue weighted by Crippen LogP contribution is 2.20. The highest BCUT2D eigenvalue weighted by Gasteiger charge is 2.22. The molecule has 0 aliphatic carbocycles. The average Bonchev–Trinajstić information content (AvgIpc) is 2.26. The molecule has 1 aromatic rings. The maximum atomic E-state index is 11.2. The van der Waals surface area contributed by atoms with Gasteiger partial charge in [-0.15, -0.1) is 0 Å². The molecule has 6 heteroatoms. The second kappa shape index (κ2) is 3.37. The summed E-state index contributed by atoms with van der Waals surface area (Å²) >= 11 is 3.14. The Balaban J connectivity index is 3.29. The molecule has 1 aromatic heterocycles. The first-order valence-corrected chi connectivity index (χ1v) is 4.41. The molecule has 0 amide bonds. The van der Waals surface area contributed by atoms with Crippen LogP contribution in [-0.4, -0.2) is 20.9 Å². The van der Waals surface area contributed by atoms with E-state index in [0.717, 1.165) is 0 Å². The number of carbonyl (C=O) groups is 1. The molecule has 1 heterocycles. The fourth-order valence-corrected chi connectivity index (χ4v) is 1.65. The molecule has 0 saturated heterocycles. The van der Waals surface area contributed by atoms with E-state index >= 15 is 0 Å². The lowest BCUT2D eigenvalue weighted by Crippen LogP contribution is -2.16. The molecule has 2 N–H and O–H groups in total. The van der Waals surface area contributed by atoms with Gasteiger partial charge in [-0.05, 0) is 22.9 Å². The molecular weight excluding hydrogens is 240 g/mol. The predicted octanol–water partition coefficient (Wildman–Crippen LogP) is 0.664. The molecule has 0 fully saturated rings. The van der Waals surface area contributed by atoms with Crippen molar-refractivity contribution >= 4 is 21.9 Å². The first-order valence-electron chi connectivity index (χ1n) is 3.62. The van der Waals surface area contributed by atoms with Crippen molar-refractivity contribution in [2.75, 3.05) is 0 Å². The lowest BCUT2D eigenvalue weighted by molar-refractivity contribution is -0.138. The van der Waals surface area contributed by atoms with Crippen molar-refractivity contribution in [3.8, 4) is 0 Å². The van der Waals surface area contributed by atoms with Gasteiger partial charge in [0.05, 0.1) is 11.5 Å². The van der Waals surface area contributed by atoms with E-state index < -0.39 is 11.9 Å². The van der Waals surface area contributed by atoms with Crippen molar-refractivity contribution in [1.29, 1.82) is 0 Å². The van der Waals surface area contributed by atoms with E-state index in [4.69, 9.17) is 5.11 Å². The molecule has 0 aromatic carbocycles. The number of carboxylic acids is 1. The van der Waals surface area contributed by atoms with Crippen LogP contribution in [0.5, 0.6) is 0 Å². The molecule has 0 aliphatic heterocycles. The van der Waals surface area contributed by atoms with E-state index in [0.29, 0.717) is 4.60 Å². The van der Waals surface area contributed by atoms with Crippen LogP contribution < -0.4 is 5.56 Å². The number of aliphatic carboxylic acids is 1. The topological polar surface area (TPSA) is 75.1 Å². The van der Waals surface area contributed by atoms with Gasteiger partial charge in [0.15, 0.2) is 0 Å². The average molecular weight is 249 g/mol. The van der Waals surface area contributed by atoms with Gasteiger partial charge in [-0.2, -0.15) is 0 Å². The summed E-state index contributed by atoms with van der Waals surface area (Å²) in [7, 11) is 1.63. The predicted molar refractivity (Wildman–Crippen MR) is 49.8 cm³/mol. The van der Waals surface area contributed by atoms with Crippen LogP contribution in [-0.2, 0) is 11.8 Å². The van der Waals surface area contributed by atoms with E-state index in [2.05, 4.69) is 21.0 Å². The minimum atomic E-state index is -1.02. The molecule has 1 unspecified atom stereocenters. The van der Waals surface area contributed by atoms with Gasteiger partial charge in [0.2, 0.25) is 0 Å². The molecule has 0 spiro atoms. The number of hydrogen-bond donors (Lipinski definition) is 2. The van der Waals surface area contributed by atoms with Gasteiger partial charge in [-0.1, -0.05) is 0 Å². The van der Waals surface area contributed by atoms with Gasteiger partial charge < -0.3 is 5.11 Å². The summed E-state index contributed by atoms with van der Waals surface area (Å²) < 4.78 is 1.92. The zero-order valence-corrected chi connectivity index (χ0v) is 8.75. The Kier molecular flexibility index (Phi) is 2.60. The highest BCUT2D eigenvalue weighted by atomic mass is 79.9. The summed E-state index contributed by atoms with van der Waals surface area (Å²) in [4.78, 5) is 21.9. The van der Waals surface area contributed by atoms with E-state index in [1.807, 2.05) is 0 Å². The fourth-order valence-electron chi connectivity index (χ4n) is 1.03. The smallest absolute Gasteiger partial charge is 0.311 e. The Labute approximate surface area is 82.5 Å². The zero-order chi connectivity index (χ0) is 10.2. The molecule has 0 saturated carbocycles. The third-order valence-corrected chi connectivity index (χ3v) is 2.79. The van der Waals surface area contributed by atoms with Crippen LogP contribution in [0.25, 0.3) is 0 Å². The second-order valence-electron chi connectivity index (χ2n) is 2.76. The van der Waals surface area contributed by atoms with E-state index in [-0.39, 0.29) is 11.1 Å². The Morgan fingerprint density at radius 2 is 2.23 bits per heavy atom. The number of carboxylic acid groups (broad SMARTS) is 1. The molecular formula is C7H9BrN2O3.